The zero-order valence-electron chi connectivity index (χ0n) is 37.3. The first kappa shape index (κ1) is 50.8. The Morgan fingerprint density at radius 1 is 0.724 bits per heavy atom. The predicted molar refractivity (Wildman–Crippen MR) is 242 cm³/mol. The van der Waals surface area contributed by atoms with Crippen LogP contribution in [-0.2, 0) is 43.7 Å². The van der Waals surface area contributed by atoms with E-state index in [0.29, 0.717) is 13.1 Å². The minimum atomic E-state index is 0.410. The van der Waals surface area contributed by atoms with Gasteiger partial charge in [0.05, 0.1) is 23.6 Å². The molecule has 1 aliphatic rings. The second-order valence-electron chi connectivity index (χ2n) is 13.8. The van der Waals surface area contributed by atoms with Gasteiger partial charge in [-0.1, -0.05) is 30.2 Å². The summed E-state index contributed by atoms with van der Waals surface area (Å²) in [5.74, 6) is 0.822. The van der Waals surface area contributed by atoms with Crippen molar-refractivity contribution in [2.75, 3.05) is 6.54 Å². The molecular formula is C45H64ClN9O2S. The number of halogens is 1. The van der Waals surface area contributed by atoms with Crippen LogP contribution in [0.1, 0.15) is 82.3 Å². The van der Waals surface area contributed by atoms with Crippen molar-refractivity contribution in [2.45, 2.75) is 96.1 Å². The van der Waals surface area contributed by atoms with Gasteiger partial charge in [0, 0.05) is 66.2 Å². The number of benzene rings is 1. The Balaban J connectivity index is 0.000000339. The molecule has 11 nitrogen and oxygen atoms in total. The molecule has 0 bridgehead atoms. The number of aromatic nitrogens is 8. The molecule has 314 valence electrons. The van der Waals surface area contributed by atoms with Gasteiger partial charge < -0.3 is 4.74 Å². The van der Waals surface area contributed by atoms with Crippen LogP contribution in [0.5, 0.6) is 0 Å². The molecule has 1 aliphatic heterocycles. The summed E-state index contributed by atoms with van der Waals surface area (Å²) in [6.07, 6.45) is 6.63. The van der Waals surface area contributed by atoms with Gasteiger partial charge in [0.1, 0.15) is 12.4 Å². The van der Waals surface area contributed by atoms with Crippen LogP contribution in [0.4, 0.5) is 0 Å². The Bertz CT molecular complexity index is 2060. The van der Waals surface area contributed by atoms with Gasteiger partial charge in [-0.15, -0.1) is 11.3 Å². The molecule has 5 aromatic heterocycles. The van der Waals surface area contributed by atoms with Crippen molar-refractivity contribution in [1.82, 2.24) is 39.3 Å². The van der Waals surface area contributed by atoms with E-state index >= 15 is 0 Å². The molecule has 0 atom stereocenters. The number of aliphatic imine (C=N–C) groups is 1. The summed E-state index contributed by atoms with van der Waals surface area (Å²) in [7, 11) is 5.87. The smallest absolute Gasteiger partial charge is 0.293 e. The maximum Gasteiger partial charge on any atom is 0.293 e. The van der Waals surface area contributed by atoms with Crippen LogP contribution >= 0.6 is 22.9 Å². The maximum absolute atomic E-state index is 9.79. The molecule has 0 spiro atoms. The fraction of sp³-hybridized carbons (Fsp3) is 0.400. The first-order chi connectivity index (χ1) is 27.4. The third-order valence-corrected chi connectivity index (χ3v) is 9.61. The van der Waals surface area contributed by atoms with E-state index in [-0.39, 0.29) is 0 Å². The number of rotatable bonds is 4. The molecule has 0 fully saturated rings. The van der Waals surface area contributed by atoms with Crippen molar-refractivity contribution in [2.24, 2.45) is 26.1 Å². The third kappa shape index (κ3) is 21.4. The summed E-state index contributed by atoms with van der Waals surface area (Å²) < 4.78 is 10.3. The topological polar surface area (TPSA) is 118 Å². The highest BCUT2D eigenvalue weighted by Gasteiger charge is 1.99. The van der Waals surface area contributed by atoms with Crippen LogP contribution < -0.4 is 0 Å². The van der Waals surface area contributed by atoms with Crippen LogP contribution in [0.3, 0.4) is 0 Å². The SMILES string of the molecule is CC1=CC(C)=NC1.CCc1cc(C)nn1C.Cc1cc(C)n(C)n1.Cc1cc(C)n(C)n1.Cc1ccc(Cl)cc1C.Cc1ccsc1COC=O.Cc1ncccn1. The van der Waals surface area contributed by atoms with Gasteiger partial charge >= 0.3 is 0 Å². The first-order valence-electron chi connectivity index (χ1n) is 19.0. The van der Waals surface area contributed by atoms with E-state index in [9.17, 15) is 4.79 Å². The van der Waals surface area contributed by atoms with Crippen molar-refractivity contribution in [3.8, 4) is 0 Å². The number of carbonyl (C=O) groups is 1. The summed E-state index contributed by atoms with van der Waals surface area (Å²) >= 11 is 7.32. The molecule has 0 unspecified atom stereocenters. The largest absolute Gasteiger partial charge is 0.462 e. The Kier molecular flexibility index (Phi) is 24.0. The Hall–Kier alpha value is -5.20. The number of ether oxygens (including phenoxy) is 1. The normalized spacial score (nSPS) is 10.8. The fourth-order valence-electron chi connectivity index (χ4n) is 4.91. The molecule has 0 saturated heterocycles. The lowest BCUT2D eigenvalue weighted by molar-refractivity contribution is -0.129. The minimum Gasteiger partial charge on any atom is -0.462 e. The van der Waals surface area contributed by atoms with Crippen molar-refractivity contribution >= 4 is 35.1 Å². The number of hydrogen-bond donors (Lipinski definition) is 0. The van der Waals surface area contributed by atoms with Crippen molar-refractivity contribution in [3.05, 3.63) is 145 Å². The minimum absolute atomic E-state index is 0.410. The summed E-state index contributed by atoms with van der Waals surface area (Å²) in [6.45, 7) is 26.1. The lowest BCUT2D eigenvalue weighted by Gasteiger charge is -1.97. The van der Waals surface area contributed by atoms with Gasteiger partial charge in [0.2, 0.25) is 0 Å². The van der Waals surface area contributed by atoms with E-state index in [4.69, 9.17) is 11.6 Å². The molecule has 1 aromatic carbocycles. The monoisotopic (exact) mass is 829 g/mol. The van der Waals surface area contributed by atoms with Crippen molar-refractivity contribution < 1.29 is 9.53 Å². The lowest BCUT2D eigenvalue weighted by atomic mass is 10.1. The molecule has 0 amide bonds. The Labute approximate surface area is 355 Å². The number of carbonyl (C=O) groups excluding carboxylic acids is 1. The molecule has 7 rings (SSSR count). The van der Waals surface area contributed by atoms with Crippen molar-refractivity contribution in [3.63, 3.8) is 0 Å². The maximum atomic E-state index is 9.79. The Morgan fingerprint density at radius 3 is 1.53 bits per heavy atom. The summed E-state index contributed by atoms with van der Waals surface area (Å²) in [6, 6.07) is 15.9. The van der Waals surface area contributed by atoms with E-state index in [1.54, 1.807) is 29.8 Å². The standard InChI is InChI=1S/C8H9Cl.C7H12N2.C7H8O2S.2C6H10N2.C6H9N.C5H6N2/c1-6-3-4-8(9)5-7(6)2;1-4-7-5-6(2)8-9(7)3;1-6-2-3-10-7(6)4-9-5-8;2*1-5-4-6(2)8(3)7-5;1-5-3-6(2)7-4-5;1-5-6-3-2-4-7-5/h3-5H,1-2H3;5H,4H2,1-3H3;2-3,5H,4H2,1H3;2*4H,1-3H3;3H,4H2,1-2H3;2-4H,1H3. The number of hydrogen-bond acceptors (Lipinski definition) is 9. The average molecular weight is 831 g/mol. The highest BCUT2D eigenvalue weighted by atomic mass is 35.5. The number of aryl methyl sites for hydroxylation is 13. The number of allylic oxidation sites excluding steroid dienone is 1. The van der Waals surface area contributed by atoms with Crippen LogP contribution in [-0.4, -0.2) is 58.0 Å². The van der Waals surface area contributed by atoms with E-state index in [1.165, 1.54) is 39.3 Å². The predicted octanol–water partition coefficient (Wildman–Crippen LogP) is 10.2. The molecule has 6 aromatic rings. The highest BCUT2D eigenvalue weighted by molar-refractivity contribution is 7.10. The molecule has 58 heavy (non-hydrogen) atoms. The molecule has 0 saturated carbocycles. The van der Waals surface area contributed by atoms with E-state index in [0.717, 1.165) is 51.5 Å². The van der Waals surface area contributed by atoms with Gasteiger partial charge in [-0.25, -0.2) is 9.97 Å². The van der Waals surface area contributed by atoms with E-state index in [2.05, 4.69) is 87.0 Å². The van der Waals surface area contributed by atoms with Crippen molar-refractivity contribution in [1.29, 1.82) is 0 Å². The van der Waals surface area contributed by atoms with Crippen LogP contribution in [0.15, 0.2) is 82.9 Å². The van der Waals surface area contributed by atoms with Gasteiger partial charge in [-0.05, 0) is 153 Å². The number of thiophene rings is 1. The molecule has 0 radical (unpaired) electrons. The van der Waals surface area contributed by atoms with Gasteiger partial charge in [0.25, 0.3) is 6.47 Å². The van der Waals surface area contributed by atoms with E-state index < -0.39 is 0 Å². The summed E-state index contributed by atoms with van der Waals surface area (Å²) in [4.78, 5) is 22.8. The Morgan fingerprint density at radius 2 is 1.28 bits per heavy atom. The zero-order valence-corrected chi connectivity index (χ0v) is 38.8. The first-order valence-corrected chi connectivity index (χ1v) is 20.3. The zero-order chi connectivity index (χ0) is 43.8. The molecule has 13 heteroatoms. The van der Waals surface area contributed by atoms with Crippen LogP contribution in [0, 0.1) is 62.3 Å². The van der Waals surface area contributed by atoms with Crippen LogP contribution in [0.2, 0.25) is 5.02 Å². The molecule has 6 heterocycles. The molecular weight excluding hydrogens is 766 g/mol. The highest BCUT2D eigenvalue weighted by Crippen LogP contribution is 2.16. The lowest BCUT2D eigenvalue weighted by Crippen LogP contribution is -1.95. The van der Waals surface area contributed by atoms with Gasteiger partial charge in [-0.3, -0.25) is 23.8 Å². The number of nitrogens with zero attached hydrogens (tertiary/aromatic N) is 9. The third-order valence-electron chi connectivity index (χ3n) is 8.38. The molecule has 0 N–H and O–H groups in total. The van der Waals surface area contributed by atoms with Crippen LogP contribution in [0.25, 0.3) is 0 Å². The van der Waals surface area contributed by atoms with Gasteiger partial charge in [-0.2, -0.15) is 15.3 Å². The van der Waals surface area contributed by atoms with Gasteiger partial charge in [0.15, 0.2) is 0 Å². The summed E-state index contributed by atoms with van der Waals surface area (Å²) in [5, 5.41) is 15.3. The quantitative estimate of drug-likeness (QED) is 0.162. The summed E-state index contributed by atoms with van der Waals surface area (Å²) in [5.41, 5.74) is 13.3. The fourth-order valence-corrected chi connectivity index (χ4v) is 5.97. The second-order valence-corrected chi connectivity index (χ2v) is 15.2. The second kappa shape index (κ2) is 27.4. The average Bonchev–Trinajstić information content (AvgIpc) is 3.98. The van der Waals surface area contributed by atoms with E-state index in [1.807, 2.05) is 120 Å². The molecule has 0 aliphatic carbocycles.